The van der Waals surface area contributed by atoms with Gasteiger partial charge in [-0.3, -0.25) is 14.6 Å². The number of aryl methyl sites for hydroxylation is 2. The number of aromatic nitrogens is 2. The Morgan fingerprint density at radius 2 is 1.90 bits per heavy atom. The van der Waals surface area contributed by atoms with E-state index in [1.54, 1.807) is 7.05 Å². The van der Waals surface area contributed by atoms with Crippen molar-refractivity contribution in [2.24, 2.45) is 12.0 Å². The Hall–Kier alpha value is -2.09. The van der Waals surface area contributed by atoms with Crippen LogP contribution in [0, 0.1) is 13.8 Å². The van der Waals surface area contributed by atoms with Gasteiger partial charge < -0.3 is 15.4 Å². The summed E-state index contributed by atoms with van der Waals surface area (Å²) < 4.78 is 7.45. The van der Waals surface area contributed by atoms with E-state index >= 15 is 0 Å². The Morgan fingerprint density at radius 3 is 2.48 bits per heavy atom. The Balaban J connectivity index is 1.65. The Kier molecular flexibility index (Phi) is 7.52. The molecule has 1 saturated heterocycles. The first kappa shape index (κ1) is 21.6. The van der Waals surface area contributed by atoms with Crippen LogP contribution in [0.15, 0.2) is 29.3 Å². The second-order valence-electron chi connectivity index (χ2n) is 7.30. The molecule has 1 aromatic carbocycles. The standard InChI is InChI=1S/C21H31ClN6O/c1-15-19(16(2)27(4)26-15)13-24-21(23-3)25-14-20(28-9-11-29-12-10-28)17-5-7-18(22)8-6-17/h5-8,20H,9-14H2,1-4H3,(H2,23,24,25). The smallest absolute Gasteiger partial charge is 0.191 e. The van der Waals surface area contributed by atoms with Crippen molar-refractivity contribution in [3.63, 3.8) is 0 Å². The molecule has 3 rings (SSSR count). The number of nitrogens with zero attached hydrogens (tertiary/aromatic N) is 4. The number of hydrogen-bond donors (Lipinski definition) is 2. The van der Waals surface area contributed by atoms with Crippen LogP contribution in [0.1, 0.15) is 28.6 Å². The van der Waals surface area contributed by atoms with Crippen LogP contribution in [0.5, 0.6) is 0 Å². The van der Waals surface area contributed by atoms with Gasteiger partial charge in [0.15, 0.2) is 5.96 Å². The molecule has 158 valence electrons. The zero-order chi connectivity index (χ0) is 20.8. The van der Waals surface area contributed by atoms with Gasteiger partial charge in [-0.25, -0.2) is 0 Å². The van der Waals surface area contributed by atoms with Gasteiger partial charge in [0.25, 0.3) is 0 Å². The summed E-state index contributed by atoms with van der Waals surface area (Å²) >= 11 is 6.09. The molecule has 1 unspecified atom stereocenters. The van der Waals surface area contributed by atoms with Crippen LogP contribution >= 0.6 is 11.6 Å². The van der Waals surface area contributed by atoms with Gasteiger partial charge in [0.05, 0.1) is 24.9 Å². The molecule has 0 amide bonds. The highest BCUT2D eigenvalue weighted by Crippen LogP contribution is 2.23. The molecule has 29 heavy (non-hydrogen) atoms. The average Bonchev–Trinajstić information content (AvgIpc) is 2.98. The normalized spacial score (nSPS) is 16.7. The Bertz CT molecular complexity index is 826. The van der Waals surface area contributed by atoms with Crippen LogP contribution in [0.25, 0.3) is 0 Å². The molecule has 0 radical (unpaired) electrons. The van der Waals surface area contributed by atoms with E-state index in [4.69, 9.17) is 16.3 Å². The lowest BCUT2D eigenvalue weighted by Crippen LogP contribution is -2.46. The monoisotopic (exact) mass is 418 g/mol. The maximum Gasteiger partial charge on any atom is 0.191 e. The summed E-state index contributed by atoms with van der Waals surface area (Å²) in [6.07, 6.45) is 0. The molecular formula is C21H31ClN6O. The minimum atomic E-state index is 0.219. The van der Waals surface area contributed by atoms with Crippen molar-refractivity contribution < 1.29 is 4.74 Å². The van der Waals surface area contributed by atoms with E-state index in [-0.39, 0.29) is 6.04 Å². The molecule has 8 heteroatoms. The zero-order valence-corrected chi connectivity index (χ0v) is 18.5. The number of rotatable bonds is 6. The fourth-order valence-electron chi connectivity index (χ4n) is 3.69. The van der Waals surface area contributed by atoms with E-state index in [0.29, 0.717) is 6.54 Å². The fraction of sp³-hybridized carbons (Fsp3) is 0.524. The molecule has 1 aromatic heterocycles. The molecule has 1 atom stereocenters. The number of benzene rings is 1. The maximum absolute atomic E-state index is 6.09. The molecule has 2 heterocycles. The van der Waals surface area contributed by atoms with Gasteiger partial charge in [-0.05, 0) is 31.5 Å². The molecular weight excluding hydrogens is 388 g/mol. The molecule has 0 bridgehead atoms. The van der Waals surface area contributed by atoms with Gasteiger partial charge in [-0.1, -0.05) is 23.7 Å². The van der Waals surface area contributed by atoms with Gasteiger partial charge in [-0.2, -0.15) is 5.10 Å². The minimum absolute atomic E-state index is 0.219. The SMILES string of the molecule is CN=C(NCc1c(C)nn(C)c1C)NCC(c1ccc(Cl)cc1)N1CCOCC1. The second-order valence-corrected chi connectivity index (χ2v) is 7.73. The number of aliphatic imine (C=N–C) groups is 1. The highest BCUT2D eigenvalue weighted by Gasteiger charge is 2.23. The summed E-state index contributed by atoms with van der Waals surface area (Å²) in [5.41, 5.74) is 4.65. The van der Waals surface area contributed by atoms with Crippen molar-refractivity contribution in [3.8, 4) is 0 Å². The molecule has 0 aliphatic carbocycles. The summed E-state index contributed by atoms with van der Waals surface area (Å²) in [6.45, 7) is 8.90. The lowest BCUT2D eigenvalue weighted by molar-refractivity contribution is 0.0170. The highest BCUT2D eigenvalue weighted by atomic mass is 35.5. The quantitative estimate of drug-likeness (QED) is 0.557. The van der Waals surface area contributed by atoms with E-state index in [0.717, 1.165) is 55.2 Å². The molecule has 1 aliphatic rings. The first-order valence-corrected chi connectivity index (χ1v) is 10.4. The fourth-order valence-corrected chi connectivity index (χ4v) is 3.82. The van der Waals surface area contributed by atoms with Gasteiger partial charge in [0.1, 0.15) is 0 Å². The van der Waals surface area contributed by atoms with E-state index in [9.17, 15) is 0 Å². The maximum atomic E-state index is 6.09. The topological polar surface area (TPSA) is 66.7 Å². The van der Waals surface area contributed by atoms with Crippen LogP contribution in [0.2, 0.25) is 5.02 Å². The van der Waals surface area contributed by atoms with Gasteiger partial charge >= 0.3 is 0 Å². The number of halogens is 1. The van der Waals surface area contributed by atoms with Crippen molar-refractivity contribution in [2.45, 2.75) is 26.4 Å². The summed E-state index contributed by atoms with van der Waals surface area (Å²) in [6, 6.07) is 8.32. The molecule has 0 spiro atoms. The Labute approximate surface area is 178 Å². The van der Waals surface area contributed by atoms with E-state index < -0.39 is 0 Å². The molecule has 1 aliphatic heterocycles. The van der Waals surface area contributed by atoms with Crippen LogP contribution in [-0.4, -0.2) is 60.5 Å². The van der Waals surface area contributed by atoms with Crippen molar-refractivity contribution in [3.05, 3.63) is 51.8 Å². The number of nitrogens with one attached hydrogen (secondary N) is 2. The van der Waals surface area contributed by atoms with E-state index in [1.807, 2.05) is 30.8 Å². The predicted octanol–water partition coefficient (Wildman–Crippen LogP) is 2.43. The van der Waals surface area contributed by atoms with Crippen molar-refractivity contribution in [1.29, 1.82) is 0 Å². The first-order valence-electron chi connectivity index (χ1n) is 10.0. The predicted molar refractivity (Wildman–Crippen MR) is 117 cm³/mol. The number of guanidine groups is 1. The molecule has 2 aromatic rings. The van der Waals surface area contributed by atoms with Crippen molar-refractivity contribution >= 4 is 17.6 Å². The zero-order valence-electron chi connectivity index (χ0n) is 17.7. The number of hydrogen-bond acceptors (Lipinski definition) is 4. The minimum Gasteiger partial charge on any atom is -0.379 e. The van der Waals surface area contributed by atoms with Crippen molar-refractivity contribution in [2.75, 3.05) is 39.9 Å². The van der Waals surface area contributed by atoms with E-state index in [2.05, 4.69) is 44.7 Å². The number of morpholine rings is 1. The van der Waals surface area contributed by atoms with Crippen LogP contribution in [0.3, 0.4) is 0 Å². The lowest BCUT2D eigenvalue weighted by Gasteiger charge is -2.35. The largest absolute Gasteiger partial charge is 0.379 e. The summed E-state index contributed by atoms with van der Waals surface area (Å²) in [5, 5.41) is 12.1. The highest BCUT2D eigenvalue weighted by molar-refractivity contribution is 6.30. The third kappa shape index (κ3) is 5.50. The first-order chi connectivity index (χ1) is 14.0. The third-order valence-electron chi connectivity index (χ3n) is 5.52. The molecule has 2 N–H and O–H groups in total. The van der Waals surface area contributed by atoms with Crippen LogP contribution < -0.4 is 10.6 Å². The Morgan fingerprint density at radius 1 is 1.21 bits per heavy atom. The average molecular weight is 419 g/mol. The van der Waals surface area contributed by atoms with Gasteiger partial charge in [0, 0.05) is 56.6 Å². The lowest BCUT2D eigenvalue weighted by atomic mass is 10.0. The summed E-state index contributed by atoms with van der Waals surface area (Å²) in [7, 11) is 3.77. The number of ether oxygens (including phenoxy) is 1. The second kappa shape index (κ2) is 10.1. The van der Waals surface area contributed by atoms with Gasteiger partial charge in [-0.15, -0.1) is 0 Å². The van der Waals surface area contributed by atoms with Crippen LogP contribution in [-0.2, 0) is 18.3 Å². The molecule has 7 nitrogen and oxygen atoms in total. The molecule has 0 saturated carbocycles. The molecule has 1 fully saturated rings. The van der Waals surface area contributed by atoms with Crippen molar-refractivity contribution in [1.82, 2.24) is 25.3 Å². The van der Waals surface area contributed by atoms with E-state index in [1.165, 1.54) is 11.1 Å². The summed E-state index contributed by atoms with van der Waals surface area (Å²) in [4.78, 5) is 6.84. The van der Waals surface area contributed by atoms with Crippen LogP contribution in [0.4, 0.5) is 0 Å². The third-order valence-corrected chi connectivity index (χ3v) is 5.77. The summed E-state index contributed by atoms with van der Waals surface area (Å²) in [5.74, 6) is 0.778. The van der Waals surface area contributed by atoms with Gasteiger partial charge in [0.2, 0.25) is 0 Å².